The largest absolute Gasteiger partial charge is 0.392 e. The van der Waals surface area contributed by atoms with Crippen molar-refractivity contribution in [3.8, 4) is 0 Å². The highest BCUT2D eigenvalue weighted by molar-refractivity contribution is 7.89. The van der Waals surface area contributed by atoms with Gasteiger partial charge >= 0.3 is 0 Å². The minimum absolute atomic E-state index is 0.0737. The molecule has 0 aromatic heterocycles. The smallest absolute Gasteiger partial charge is 0.242 e. The van der Waals surface area contributed by atoms with Crippen molar-refractivity contribution in [1.29, 1.82) is 0 Å². The molecule has 1 N–H and O–H groups in total. The third-order valence-electron chi connectivity index (χ3n) is 3.58. The number of aliphatic hydroxyl groups is 1. The molecule has 1 aliphatic carbocycles. The van der Waals surface area contributed by atoms with E-state index in [1.54, 1.807) is 31.3 Å². The van der Waals surface area contributed by atoms with Gasteiger partial charge in [-0.2, -0.15) is 0 Å². The molecule has 1 aromatic carbocycles. The van der Waals surface area contributed by atoms with Gasteiger partial charge in [-0.05, 0) is 36.0 Å². The van der Waals surface area contributed by atoms with E-state index in [2.05, 4.69) is 6.92 Å². The van der Waals surface area contributed by atoms with Crippen LogP contribution in [0.25, 0.3) is 0 Å². The summed E-state index contributed by atoms with van der Waals surface area (Å²) in [5.41, 5.74) is 0.715. The van der Waals surface area contributed by atoms with E-state index in [4.69, 9.17) is 5.11 Å². The second kappa shape index (κ2) is 4.99. The molecular formula is C13H19NO3S. The van der Waals surface area contributed by atoms with Gasteiger partial charge in [-0.15, -0.1) is 0 Å². The summed E-state index contributed by atoms with van der Waals surface area (Å²) in [7, 11) is -1.77. The summed E-state index contributed by atoms with van der Waals surface area (Å²) in [6, 6.07) is 6.38. The molecule has 1 aromatic rings. The quantitative estimate of drug-likeness (QED) is 0.880. The normalized spacial score (nSPS) is 23.3. The van der Waals surface area contributed by atoms with Crippen molar-refractivity contribution in [2.45, 2.75) is 24.8 Å². The van der Waals surface area contributed by atoms with Crippen molar-refractivity contribution in [2.75, 3.05) is 13.6 Å². The van der Waals surface area contributed by atoms with Crippen molar-refractivity contribution >= 4 is 10.0 Å². The van der Waals surface area contributed by atoms with Crippen LogP contribution >= 0.6 is 0 Å². The number of sulfonamides is 1. The van der Waals surface area contributed by atoms with Gasteiger partial charge in [-0.25, -0.2) is 12.7 Å². The van der Waals surface area contributed by atoms with Crippen molar-refractivity contribution < 1.29 is 13.5 Å². The van der Waals surface area contributed by atoms with Gasteiger partial charge in [0, 0.05) is 13.6 Å². The Balaban J connectivity index is 2.13. The molecule has 0 bridgehead atoms. The average Bonchev–Trinajstić information content (AvgIpc) is 3.05. The molecule has 18 heavy (non-hydrogen) atoms. The van der Waals surface area contributed by atoms with E-state index in [-0.39, 0.29) is 11.5 Å². The maximum Gasteiger partial charge on any atom is 0.242 e. The minimum Gasteiger partial charge on any atom is -0.392 e. The second-order valence-electron chi connectivity index (χ2n) is 5.06. The number of aliphatic hydroxyl groups excluding tert-OH is 1. The van der Waals surface area contributed by atoms with Crippen LogP contribution in [0.15, 0.2) is 29.2 Å². The van der Waals surface area contributed by atoms with Gasteiger partial charge in [0.1, 0.15) is 0 Å². The molecule has 1 aliphatic rings. The fourth-order valence-corrected chi connectivity index (χ4v) is 3.26. The van der Waals surface area contributed by atoms with E-state index in [0.717, 1.165) is 6.42 Å². The zero-order chi connectivity index (χ0) is 13.3. The van der Waals surface area contributed by atoms with E-state index < -0.39 is 10.0 Å². The molecule has 0 saturated heterocycles. The zero-order valence-corrected chi connectivity index (χ0v) is 11.5. The molecule has 2 rings (SSSR count). The van der Waals surface area contributed by atoms with Crippen molar-refractivity contribution in [2.24, 2.45) is 11.8 Å². The molecule has 2 unspecified atom stereocenters. The molecule has 1 fully saturated rings. The molecule has 5 heteroatoms. The Morgan fingerprint density at radius 1 is 1.33 bits per heavy atom. The number of nitrogens with zero attached hydrogens (tertiary/aromatic N) is 1. The van der Waals surface area contributed by atoms with Crippen LogP contribution in [0, 0.1) is 11.8 Å². The lowest BCUT2D eigenvalue weighted by Crippen LogP contribution is -2.29. The molecule has 0 radical (unpaired) electrons. The predicted molar refractivity (Wildman–Crippen MR) is 69.5 cm³/mol. The molecule has 0 amide bonds. The summed E-state index contributed by atoms with van der Waals surface area (Å²) in [6.07, 6.45) is 1.11. The maximum atomic E-state index is 12.3. The van der Waals surface area contributed by atoms with Crippen LogP contribution in [0.1, 0.15) is 18.9 Å². The number of hydrogen-bond acceptors (Lipinski definition) is 3. The van der Waals surface area contributed by atoms with Crippen LogP contribution in [-0.4, -0.2) is 31.4 Å². The Morgan fingerprint density at radius 3 is 2.33 bits per heavy atom. The van der Waals surface area contributed by atoms with Crippen molar-refractivity contribution in [1.82, 2.24) is 4.31 Å². The van der Waals surface area contributed by atoms with Crippen LogP contribution in [0.4, 0.5) is 0 Å². The molecule has 1 saturated carbocycles. The summed E-state index contributed by atoms with van der Waals surface area (Å²) in [5.74, 6) is 1.14. The Bertz CT molecular complexity index is 510. The first-order valence-corrected chi connectivity index (χ1v) is 7.55. The van der Waals surface area contributed by atoms with Crippen LogP contribution in [-0.2, 0) is 16.6 Å². The third kappa shape index (κ3) is 2.74. The predicted octanol–water partition coefficient (Wildman–Crippen LogP) is 1.46. The van der Waals surface area contributed by atoms with Gasteiger partial charge in [0.15, 0.2) is 0 Å². The topological polar surface area (TPSA) is 57.6 Å². The zero-order valence-electron chi connectivity index (χ0n) is 10.7. The summed E-state index contributed by atoms with van der Waals surface area (Å²) in [6.45, 7) is 2.65. The SMILES string of the molecule is CC1CC1CN(C)S(=O)(=O)c1ccc(CO)cc1. The highest BCUT2D eigenvalue weighted by atomic mass is 32.2. The third-order valence-corrected chi connectivity index (χ3v) is 5.42. The summed E-state index contributed by atoms with van der Waals surface area (Å²) < 4.78 is 26.0. The Hall–Kier alpha value is -0.910. The van der Waals surface area contributed by atoms with Gasteiger partial charge in [0.05, 0.1) is 11.5 Å². The second-order valence-corrected chi connectivity index (χ2v) is 7.11. The van der Waals surface area contributed by atoms with Crippen LogP contribution < -0.4 is 0 Å². The van der Waals surface area contributed by atoms with E-state index in [1.807, 2.05) is 0 Å². The van der Waals surface area contributed by atoms with Crippen LogP contribution in [0.5, 0.6) is 0 Å². The highest BCUT2D eigenvalue weighted by Crippen LogP contribution is 2.38. The number of benzene rings is 1. The van der Waals surface area contributed by atoms with Gasteiger partial charge in [0.2, 0.25) is 10.0 Å². The van der Waals surface area contributed by atoms with E-state index in [0.29, 0.717) is 23.9 Å². The number of hydrogen-bond donors (Lipinski definition) is 1. The summed E-state index contributed by atoms with van der Waals surface area (Å²) in [4.78, 5) is 0.288. The molecule has 2 atom stereocenters. The van der Waals surface area contributed by atoms with Crippen molar-refractivity contribution in [3.63, 3.8) is 0 Å². The van der Waals surface area contributed by atoms with Gasteiger partial charge < -0.3 is 5.11 Å². The highest BCUT2D eigenvalue weighted by Gasteiger charge is 2.36. The molecule has 0 aliphatic heterocycles. The first-order valence-electron chi connectivity index (χ1n) is 6.11. The van der Waals surface area contributed by atoms with Crippen molar-refractivity contribution in [3.05, 3.63) is 29.8 Å². The van der Waals surface area contributed by atoms with Gasteiger partial charge in [-0.3, -0.25) is 0 Å². The maximum absolute atomic E-state index is 12.3. The van der Waals surface area contributed by atoms with Gasteiger partial charge in [-0.1, -0.05) is 19.1 Å². The molecular weight excluding hydrogens is 250 g/mol. The van der Waals surface area contributed by atoms with E-state index in [1.165, 1.54) is 4.31 Å². The Kier molecular flexibility index (Phi) is 3.75. The average molecular weight is 269 g/mol. The fraction of sp³-hybridized carbons (Fsp3) is 0.538. The monoisotopic (exact) mass is 269 g/mol. The summed E-state index contributed by atoms with van der Waals surface area (Å²) in [5, 5.41) is 8.94. The standard InChI is InChI=1S/C13H19NO3S/c1-10-7-12(10)8-14(2)18(16,17)13-5-3-11(9-15)4-6-13/h3-6,10,12,15H,7-9H2,1-2H3. The lowest BCUT2D eigenvalue weighted by Gasteiger charge is -2.17. The Labute approximate surface area is 108 Å². The molecule has 0 heterocycles. The number of rotatable bonds is 5. The van der Waals surface area contributed by atoms with E-state index in [9.17, 15) is 8.42 Å². The Morgan fingerprint density at radius 2 is 1.89 bits per heavy atom. The fourth-order valence-electron chi connectivity index (χ4n) is 2.03. The van der Waals surface area contributed by atoms with Crippen LogP contribution in [0.3, 0.4) is 0 Å². The first kappa shape index (κ1) is 13.5. The molecule has 100 valence electrons. The summed E-state index contributed by atoms with van der Waals surface area (Å²) >= 11 is 0. The lowest BCUT2D eigenvalue weighted by atomic mass is 10.2. The van der Waals surface area contributed by atoms with Gasteiger partial charge in [0.25, 0.3) is 0 Å². The molecule has 0 spiro atoms. The van der Waals surface area contributed by atoms with E-state index >= 15 is 0 Å². The lowest BCUT2D eigenvalue weighted by molar-refractivity contribution is 0.281. The first-order chi connectivity index (χ1) is 8.45. The van der Waals surface area contributed by atoms with Crippen LogP contribution in [0.2, 0.25) is 0 Å². The minimum atomic E-state index is -3.39. The molecule has 4 nitrogen and oxygen atoms in total.